The van der Waals surface area contributed by atoms with Gasteiger partial charge in [0, 0.05) is 17.8 Å². The molecular formula is C22H19ClF3N3O3S. The molecule has 3 aromatic rings. The number of carbonyl (C=O) groups is 1. The van der Waals surface area contributed by atoms with Gasteiger partial charge in [0.05, 0.1) is 28.4 Å². The molecule has 0 radical (unpaired) electrons. The molecule has 0 heterocycles. The molecule has 0 fully saturated rings. The quantitative estimate of drug-likeness (QED) is 0.468. The number of hydrogen-bond donors (Lipinski definition) is 2. The van der Waals surface area contributed by atoms with Crippen LogP contribution >= 0.6 is 11.6 Å². The maximum Gasteiger partial charge on any atom is 0.418 e. The van der Waals surface area contributed by atoms with Gasteiger partial charge in [0.1, 0.15) is 0 Å². The van der Waals surface area contributed by atoms with Gasteiger partial charge in [-0.25, -0.2) is 8.42 Å². The van der Waals surface area contributed by atoms with Crippen LogP contribution in [0.5, 0.6) is 0 Å². The summed E-state index contributed by atoms with van der Waals surface area (Å²) in [6.45, 7) is -0.391. The lowest BCUT2D eigenvalue weighted by Crippen LogP contribution is -2.27. The third-order valence-electron chi connectivity index (χ3n) is 4.63. The van der Waals surface area contributed by atoms with Gasteiger partial charge in [-0.15, -0.1) is 0 Å². The number of hydrogen-bond acceptors (Lipinski definition) is 4. The molecule has 0 aliphatic heterocycles. The van der Waals surface area contributed by atoms with Crippen LogP contribution in [0.25, 0.3) is 0 Å². The minimum absolute atomic E-state index is 0.0173. The monoisotopic (exact) mass is 497 g/mol. The molecule has 0 unspecified atom stereocenters. The molecule has 6 nitrogen and oxygen atoms in total. The lowest BCUT2D eigenvalue weighted by atomic mass is 10.1. The van der Waals surface area contributed by atoms with Crippen molar-refractivity contribution in [1.82, 2.24) is 0 Å². The first-order valence-corrected chi connectivity index (χ1v) is 11.3. The van der Waals surface area contributed by atoms with Gasteiger partial charge in [-0.05, 0) is 48.5 Å². The van der Waals surface area contributed by atoms with E-state index in [0.717, 1.165) is 16.4 Å². The van der Waals surface area contributed by atoms with Crippen LogP contribution in [0.4, 0.5) is 30.2 Å². The fraction of sp³-hybridized carbons (Fsp3) is 0.136. The van der Waals surface area contributed by atoms with Crippen molar-refractivity contribution in [2.75, 3.05) is 28.5 Å². The standard InChI is InChI=1S/C22H19ClF3N3O3S/c1-29(17-7-3-2-4-8-17)33(31,32)18-9-5-6-16(13-18)27-14-21(30)28-20-11-10-15(23)12-19(20)22(24,25)26/h2-13,27H,14H2,1H3,(H,28,30). The van der Waals surface area contributed by atoms with E-state index in [4.69, 9.17) is 11.6 Å². The maximum atomic E-state index is 13.2. The number of amides is 1. The number of carbonyl (C=O) groups excluding carboxylic acids is 1. The Morgan fingerprint density at radius 3 is 2.36 bits per heavy atom. The van der Waals surface area contributed by atoms with Gasteiger partial charge in [0.25, 0.3) is 10.0 Å². The minimum Gasteiger partial charge on any atom is -0.376 e. The predicted molar refractivity (Wildman–Crippen MR) is 122 cm³/mol. The maximum absolute atomic E-state index is 13.2. The zero-order valence-corrected chi connectivity index (χ0v) is 18.8. The van der Waals surface area contributed by atoms with Gasteiger partial charge in [-0.2, -0.15) is 13.2 Å². The van der Waals surface area contributed by atoms with Crippen molar-refractivity contribution in [2.45, 2.75) is 11.1 Å². The number of nitrogens with zero attached hydrogens (tertiary/aromatic N) is 1. The average Bonchev–Trinajstić information content (AvgIpc) is 2.78. The highest BCUT2D eigenvalue weighted by Crippen LogP contribution is 2.36. The largest absolute Gasteiger partial charge is 0.418 e. The first-order valence-electron chi connectivity index (χ1n) is 9.53. The Morgan fingerprint density at radius 2 is 1.70 bits per heavy atom. The SMILES string of the molecule is CN(c1ccccc1)S(=O)(=O)c1cccc(NCC(=O)Nc2ccc(Cl)cc2C(F)(F)F)c1. The Morgan fingerprint density at radius 1 is 1.00 bits per heavy atom. The zero-order chi connectivity index (χ0) is 24.2. The van der Waals surface area contributed by atoms with Crippen molar-refractivity contribution in [2.24, 2.45) is 0 Å². The van der Waals surface area contributed by atoms with Crippen LogP contribution in [0.2, 0.25) is 5.02 Å². The molecule has 0 atom stereocenters. The van der Waals surface area contributed by atoms with Crippen LogP contribution in [0, 0.1) is 0 Å². The summed E-state index contributed by atoms with van der Waals surface area (Å²) in [6.07, 6.45) is -4.70. The molecule has 0 aromatic heterocycles. The Balaban J connectivity index is 1.71. The number of nitrogens with one attached hydrogen (secondary N) is 2. The van der Waals surface area contributed by atoms with Gasteiger partial charge in [-0.1, -0.05) is 35.9 Å². The van der Waals surface area contributed by atoms with Crippen LogP contribution in [0.1, 0.15) is 5.56 Å². The van der Waals surface area contributed by atoms with E-state index in [9.17, 15) is 26.4 Å². The number of halogens is 4. The second kappa shape index (κ2) is 9.72. The van der Waals surface area contributed by atoms with E-state index >= 15 is 0 Å². The van der Waals surface area contributed by atoms with Gasteiger partial charge in [0.15, 0.2) is 0 Å². The van der Waals surface area contributed by atoms with E-state index in [1.807, 2.05) is 0 Å². The van der Waals surface area contributed by atoms with Crippen molar-refractivity contribution in [3.63, 3.8) is 0 Å². The average molecular weight is 498 g/mol. The van der Waals surface area contributed by atoms with Crippen molar-refractivity contribution in [1.29, 1.82) is 0 Å². The Kier molecular flexibility index (Phi) is 7.19. The summed E-state index contributed by atoms with van der Waals surface area (Å²) >= 11 is 5.64. The molecule has 174 valence electrons. The molecule has 0 bridgehead atoms. The third kappa shape index (κ3) is 5.96. The molecule has 1 amide bonds. The van der Waals surface area contributed by atoms with Crippen molar-refractivity contribution in [3.8, 4) is 0 Å². The second-order valence-corrected chi connectivity index (χ2v) is 9.33. The van der Waals surface area contributed by atoms with Crippen molar-refractivity contribution in [3.05, 3.63) is 83.4 Å². The molecule has 3 aromatic carbocycles. The Bertz CT molecular complexity index is 1250. The fourth-order valence-corrected chi connectivity index (χ4v) is 4.35. The summed E-state index contributed by atoms with van der Waals surface area (Å²) in [5, 5.41) is 4.80. The number of alkyl halides is 3. The molecule has 33 heavy (non-hydrogen) atoms. The van der Waals surface area contributed by atoms with E-state index in [-0.39, 0.29) is 9.92 Å². The van der Waals surface area contributed by atoms with Gasteiger partial charge in [0.2, 0.25) is 5.91 Å². The Labute approximate surface area is 194 Å². The lowest BCUT2D eigenvalue weighted by molar-refractivity contribution is -0.137. The third-order valence-corrected chi connectivity index (χ3v) is 6.64. The summed E-state index contributed by atoms with van der Waals surface area (Å²) in [5.41, 5.74) is -0.724. The zero-order valence-electron chi connectivity index (χ0n) is 17.2. The van der Waals surface area contributed by atoms with Gasteiger partial charge < -0.3 is 10.6 Å². The summed E-state index contributed by atoms with van der Waals surface area (Å²) in [4.78, 5) is 12.2. The summed E-state index contributed by atoms with van der Waals surface area (Å²) in [5.74, 6) is -0.752. The molecule has 0 spiro atoms. The smallest absolute Gasteiger partial charge is 0.376 e. The summed E-state index contributed by atoms with van der Waals surface area (Å²) in [6, 6.07) is 17.3. The molecule has 0 aliphatic rings. The molecule has 0 aliphatic carbocycles. The van der Waals surface area contributed by atoms with Crippen molar-refractivity contribution >= 4 is 44.6 Å². The van der Waals surface area contributed by atoms with Crippen molar-refractivity contribution < 1.29 is 26.4 Å². The summed E-state index contributed by atoms with van der Waals surface area (Å²) in [7, 11) is -2.45. The van der Waals surface area contributed by atoms with Crippen LogP contribution in [-0.4, -0.2) is 27.9 Å². The molecule has 2 N–H and O–H groups in total. The number of sulfonamides is 1. The number of benzene rings is 3. The van der Waals surface area contributed by atoms with Gasteiger partial charge in [-0.3, -0.25) is 9.10 Å². The molecule has 11 heteroatoms. The highest BCUT2D eigenvalue weighted by atomic mass is 35.5. The number of anilines is 3. The highest BCUT2D eigenvalue weighted by Gasteiger charge is 2.34. The second-order valence-electron chi connectivity index (χ2n) is 6.93. The molecule has 0 saturated heterocycles. The van der Waals surface area contributed by atoms with Crippen LogP contribution in [0.15, 0.2) is 77.7 Å². The number of rotatable bonds is 7. The molecular weight excluding hydrogens is 479 g/mol. The number of para-hydroxylation sites is 1. The van der Waals surface area contributed by atoms with Gasteiger partial charge >= 0.3 is 6.18 Å². The van der Waals surface area contributed by atoms with Crippen LogP contribution < -0.4 is 14.9 Å². The summed E-state index contributed by atoms with van der Waals surface area (Å²) < 4.78 is 66.5. The predicted octanol–water partition coefficient (Wildman–Crippen LogP) is 5.23. The molecule has 0 saturated carbocycles. The Hall–Kier alpha value is -3.24. The van der Waals surface area contributed by atoms with E-state index in [2.05, 4.69) is 10.6 Å². The van der Waals surface area contributed by atoms with E-state index < -0.39 is 39.9 Å². The topological polar surface area (TPSA) is 78.5 Å². The van der Waals surface area contributed by atoms with E-state index in [0.29, 0.717) is 11.4 Å². The van der Waals surface area contributed by atoms with E-state index in [1.54, 1.807) is 30.3 Å². The minimum atomic E-state index is -4.70. The highest BCUT2D eigenvalue weighted by molar-refractivity contribution is 7.92. The normalized spacial score (nSPS) is 11.7. The van der Waals surface area contributed by atoms with Crippen LogP contribution in [0.3, 0.4) is 0 Å². The van der Waals surface area contributed by atoms with E-state index in [1.165, 1.54) is 37.4 Å². The first-order chi connectivity index (χ1) is 15.5. The fourth-order valence-electron chi connectivity index (χ4n) is 2.94. The van der Waals surface area contributed by atoms with Crippen LogP contribution in [-0.2, 0) is 21.0 Å². The molecule has 3 rings (SSSR count). The first kappa shape index (κ1) is 24.4. The lowest BCUT2D eigenvalue weighted by Gasteiger charge is -2.20.